The van der Waals surface area contributed by atoms with E-state index in [9.17, 15) is 10.1 Å². The van der Waals surface area contributed by atoms with Gasteiger partial charge in [-0.3, -0.25) is 4.79 Å². The summed E-state index contributed by atoms with van der Waals surface area (Å²) in [6.07, 6.45) is 1.47. The number of nitrogens with one attached hydrogen (secondary N) is 1. The van der Waals surface area contributed by atoms with Crippen molar-refractivity contribution in [2.75, 3.05) is 12.4 Å². The summed E-state index contributed by atoms with van der Waals surface area (Å²) in [5.74, 6) is 0.0169. The number of carbonyl (C=O) groups is 1. The van der Waals surface area contributed by atoms with Gasteiger partial charge in [0.05, 0.1) is 11.6 Å². The lowest BCUT2D eigenvalue weighted by Crippen LogP contribution is -2.13. The predicted molar refractivity (Wildman–Crippen MR) is 102 cm³/mol. The van der Waals surface area contributed by atoms with Gasteiger partial charge in [-0.2, -0.15) is 5.26 Å². The second-order valence-electron chi connectivity index (χ2n) is 4.64. The van der Waals surface area contributed by atoms with E-state index in [4.69, 9.17) is 16.3 Å². The first-order chi connectivity index (χ1) is 11.4. The SMILES string of the molecule is COc1c(Br)cc(Br)cc1/C=C(\C#N)C(=O)Nc1ccc(Cl)cc1. The van der Waals surface area contributed by atoms with Gasteiger partial charge in [-0.05, 0) is 58.4 Å². The number of hydrogen-bond donors (Lipinski definition) is 1. The van der Waals surface area contributed by atoms with E-state index in [2.05, 4.69) is 37.2 Å². The van der Waals surface area contributed by atoms with Crippen molar-refractivity contribution in [3.63, 3.8) is 0 Å². The maximum atomic E-state index is 12.3. The number of rotatable bonds is 4. The van der Waals surface area contributed by atoms with Crippen molar-refractivity contribution in [2.45, 2.75) is 0 Å². The normalized spacial score (nSPS) is 10.9. The number of nitriles is 1. The van der Waals surface area contributed by atoms with E-state index >= 15 is 0 Å². The zero-order valence-electron chi connectivity index (χ0n) is 12.4. The molecule has 2 rings (SSSR count). The topological polar surface area (TPSA) is 62.1 Å². The Balaban J connectivity index is 2.34. The molecule has 0 unspecified atom stereocenters. The molecular formula is C17H11Br2ClN2O2. The van der Waals surface area contributed by atoms with E-state index < -0.39 is 5.91 Å². The molecule has 0 aliphatic rings. The lowest BCUT2D eigenvalue weighted by atomic mass is 10.1. The van der Waals surface area contributed by atoms with Crippen LogP contribution in [0.4, 0.5) is 5.69 Å². The van der Waals surface area contributed by atoms with Gasteiger partial charge in [0, 0.05) is 20.7 Å². The highest BCUT2D eigenvalue weighted by Crippen LogP contribution is 2.34. The lowest BCUT2D eigenvalue weighted by Gasteiger charge is -2.09. The first kappa shape index (κ1) is 18.5. The van der Waals surface area contributed by atoms with E-state index in [1.54, 1.807) is 30.3 Å². The van der Waals surface area contributed by atoms with Crippen molar-refractivity contribution in [1.82, 2.24) is 0 Å². The molecule has 0 aromatic heterocycles. The van der Waals surface area contributed by atoms with E-state index in [0.717, 1.165) is 4.47 Å². The molecule has 0 saturated carbocycles. The Labute approximate surface area is 161 Å². The average molecular weight is 471 g/mol. The molecule has 0 spiro atoms. The van der Waals surface area contributed by atoms with Crippen LogP contribution in [-0.4, -0.2) is 13.0 Å². The Morgan fingerprint density at radius 3 is 2.54 bits per heavy atom. The van der Waals surface area contributed by atoms with Crippen LogP contribution >= 0.6 is 43.5 Å². The van der Waals surface area contributed by atoms with Gasteiger partial charge in [0.1, 0.15) is 17.4 Å². The van der Waals surface area contributed by atoms with Crippen LogP contribution in [-0.2, 0) is 4.79 Å². The maximum Gasteiger partial charge on any atom is 0.266 e. The Morgan fingerprint density at radius 2 is 1.96 bits per heavy atom. The van der Waals surface area contributed by atoms with E-state index in [-0.39, 0.29) is 5.57 Å². The highest BCUT2D eigenvalue weighted by molar-refractivity contribution is 9.11. The average Bonchev–Trinajstić information content (AvgIpc) is 2.54. The fourth-order valence-electron chi connectivity index (χ4n) is 1.94. The summed E-state index contributed by atoms with van der Waals surface area (Å²) in [4.78, 5) is 12.3. The largest absolute Gasteiger partial charge is 0.495 e. The van der Waals surface area contributed by atoms with Crippen LogP contribution in [0.15, 0.2) is 50.9 Å². The number of amides is 1. The van der Waals surface area contributed by atoms with Crippen molar-refractivity contribution in [3.8, 4) is 11.8 Å². The molecule has 0 bridgehead atoms. The molecule has 1 N–H and O–H groups in total. The highest BCUT2D eigenvalue weighted by Gasteiger charge is 2.13. The van der Waals surface area contributed by atoms with Crippen molar-refractivity contribution in [3.05, 3.63) is 61.5 Å². The number of nitrogens with zero attached hydrogens (tertiary/aromatic N) is 1. The van der Waals surface area contributed by atoms with Crippen molar-refractivity contribution < 1.29 is 9.53 Å². The quantitative estimate of drug-likeness (QED) is 0.480. The minimum Gasteiger partial charge on any atom is -0.495 e. The monoisotopic (exact) mass is 468 g/mol. The summed E-state index contributed by atoms with van der Waals surface area (Å²) in [6.45, 7) is 0. The van der Waals surface area contributed by atoms with Gasteiger partial charge in [0.25, 0.3) is 5.91 Å². The molecule has 0 aliphatic carbocycles. The van der Waals surface area contributed by atoms with Crippen molar-refractivity contribution in [2.24, 2.45) is 0 Å². The third kappa shape index (κ3) is 4.60. The summed E-state index contributed by atoms with van der Waals surface area (Å²) >= 11 is 12.6. The maximum absolute atomic E-state index is 12.3. The number of hydrogen-bond acceptors (Lipinski definition) is 3. The van der Waals surface area contributed by atoms with Gasteiger partial charge < -0.3 is 10.1 Å². The molecule has 0 heterocycles. The molecule has 0 atom stereocenters. The van der Waals surface area contributed by atoms with Gasteiger partial charge in [-0.25, -0.2) is 0 Å². The Kier molecular flexibility index (Phi) is 6.44. The van der Waals surface area contributed by atoms with Gasteiger partial charge >= 0.3 is 0 Å². The lowest BCUT2D eigenvalue weighted by molar-refractivity contribution is -0.112. The second-order valence-corrected chi connectivity index (χ2v) is 6.85. The summed E-state index contributed by atoms with van der Waals surface area (Å²) in [5, 5.41) is 12.5. The van der Waals surface area contributed by atoms with Crippen LogP contribution in [0.2, 0.25) is 5.02 Å². The Morgan fingerprint density at radius 1 is 1.29 bits per heavy atom. The zero-order chi connectivity index (χ0) is 17.7. The van der Waals surface area contributed by atoms with Crippen LogP contribution < -0.4 is 10.1 Å². The molecule has 1 amide bonds. The molecule has 0 aliphatic heterocycles. The van der Waals surface area contributed by atoms with E-state index in [1.807, 2.05) is 12.1 Å². The first-order valence-electron chi connectivity index (χ1n) is 6.66. The summed E-state index contributed by atoms with van der Waals surface area (Å²) < 4.78 is 6.82. The Bertz CT molecular complexity index is 843. The van der Waals surface area contributed by atoms with Crippen LogP contribution in [0.25, 0.3) is 6.08 Å². The third-order valence-electron chi connectivity index (χ3n) is 3.01. The molecule has 4 nitrogen and oxygen atoms in total. The fourth-order valence-corrected chi connectivity index (χ4v) is 3.48. The first-order valence-corrected chi connectivity index (χ1v) is 8.62. The van der Waals surface area contributed by atoms with E-state index in [1.165, 1.54) is 13.2 Å². The summed E-state index contributed by atoms with van der Waals surface area (Å²) in [6, 6.07) is 12.1. The third-order valence-corrected chi connectivity index (χ3v) is 4.31. The van der Waals surface area contributed by atoms with Gasteiger partial charge in [0.15, 0.2) is 0 Å². The number of carbonyl (C=O) groups excluding carboxylic acids is 1. The van der Waals surface area contributed by atoms with Crippen molar-refractivity contribution >= 4 is 61.1 Å². The molecule has 2 aromatic rings. The number of ether oxygens (including phenoxy) is 1. The Hall–Kier alpha value is -1.81. The van der Waals surface area contributed by atoms with Gasteiger partial charge in [-0.15, -0.1) is 0 Å². The van der Waals surface area contributed by atoms with Gasteiger partial charge in [0.2, 0.25) is 0 Å². The summed E-state index contributed by atoms with van der Waals surface area (Å²) in [5.41, 5.74) is 1.10. The van der Waals surface area contributed by atoms with Crippen LogP contribution in [0.1, 0.15) is 5.56 Å². The second kappa shape index (κ2) is 8.34. The van der Waals surface area contributed by atoms with Crippen LogP contribution in [0.5, 0.6) is 5.75 Å². The molecule has 0 fully saturated rings. The molecular weight excluding hydrogens is 459 g/mol. The minimum atomic E-state index is -0.516. The minimum absolute atomic E-state index is 0.0479. The van der Waals surface area contributed by atoms with Crippen molar-refractivity contribution in [1.29, 1.82) is 5.26 Å². The summed E-state index contributed by atoms with van der Waals surface area (Å²) in [7, 11) is 1.52. The fraction of sp³-hybridized carbons (Fsp3) is 0.0588. The smallest absolute Gasteiger partial charge is 0.266 e. The number of methoxy groups -OCH3 is 1. The molecule has 24 heavy (non-hydrogen) atoms. The molecule has 0 saturated heterocycles. The van der Waals surface area contributed by atoms with Crippen LogP contribution in [0.3, 0.4) is 0 Å². The van der Waals surface area contributed by atoms with Gasteiger partial charge in [-0.1, -0.05) is 27.5 Å². The predicted octanol–water partition coefficient (Wildman–Crippen LogP) is 5.42. The molecule has 122 valence electrons. The van der Waals surface area contributed by atoms with Crippen LogP contribution in [0, 0.1) is 11.3 Å². The molecule has 0 radical (unpaired) electrons. The molecule has 2 aromatic carbocycles. The van der Waals surface area contributed by atoms with E-state index in [0.29, 0.717) is 26.5 Å². The zero-order valence-corrected chi connectivity index (χ0v) is 16.4. The molecule has 7 heteroatoms. The number of anilines is 1. The highest BCUT2D eigenvalue weighted by atomic mass is 79.9. The standard InChI is InChI=1S/C17H11Br2ClN2O2/c1-24-16-10(7-12(18)8-15(16)19)6-11(9-21)17(23)22-14-4-2-13(20)3-5-14/h2-8H,1H3,(H,22,23)/b11-6+. The number of benzene rings is 2. The number of halogens is 3.